The van der Waals surface area contributed by atoms with Crippen molar-refractivity contribution in [2.24, 2.45) is 4.99 Å². The molecule has 1 unspecified atom stereocenters. The smallest absolute Gasteiger partial charge is 0.159 e. The van der Waals surface area contributed by atoms with Crippen molar-refractivity contribution in [3.05, 3.63) is 205 Å². The SMILES string of the molecule is C1=CC2=C(c3ccccc3)N=C(c3cccc4oc5c(-n6c7cc(-c8ccccc8)ccc7c7ccc(-c8ccccc8)cc76)cccc5c34)NC2C=C1. The molecule has 11 rings (SSSR count). The van der Waals surface area contributed by atoms with Crippen molar-refractivity contribution in [1.29, 1.82) is 0 Å². The summed E-state index contributed by atoms with van der Waals surface area (Å²) in [5.74, 6) is 0.832. The number of hydrogen-bond donors (Lipinski definition) is 1. The Bertz CT molecular complexity index is 2960. The van der Waals surface area contributed by atoms with Gasteiger partial charge in [-0.1, -0.05) is 164 Å². The van der Waals surface area contributed by atoms with Crippen molar-refractivity contribution in [3.63, 3.8) is 0 Å². The molecule has 0 amide bonds. The highest BCUT2D eigenvalue weighted by Gasteiger charge is 2.27. The van der Waals surface area contributed by atoms with Crippen LogP contribution in [0.5, 0.6) is 0 Å². The molecule has 3 heterocycles. The van der Waals surface area contributed by atoms with Crippen molar-refractivity contribution in [2.45, 2.75) is 6.04 Å². The summed E-state index contributed by atoms with van der Waals surface area (Å²) in [5, 5.41) is 8.25. The first-order chi connectivity index (χ1) is 26.8. The molecule has 54 heavy (non-hydrogen) atoms. The van der Waals surface area contributed by atoms with E-state index in [1.165, 1.54) is 33.0 Å². The molecule has 0 fully saturated rings. The lowest BCUT2D eigenvalue weighted by Gasteiger charge is -2.28. The molecule has 4 nitrogen and oxygen atoms in total. The Morgan fingerprint density at radius 3 is 1.83 bits per heavy atom. The van der Waals surface area contributed by atoms with Gasteiger partial charge in [-0.3, -0.25) is 0 Å². The molecule has 0 spiro atoms. The first-order valence-corrected chi connectivity index (χ1v) is 18.4. The van der Waals surface area contributed by atoms with Crippen molar-refractivity contribution in [2.75, 3.05) is 0 Å². The second kappa shape index (κ2) is 12.2. The molecular weight excluding hydrogens is 659 g/mol. The molecule has 1 N–H and O–H groups in total. The van der Waals surface area contributed by atoms with Crippen molar-refractivity contribution in [1.82, 2.24) is 9.88 Å². The molecule has 9 aromatic rings. The van der Waals surface area contributed by atoms with E-state index in [0.29, 0.717) is 0 Å². The molecule has 7 aromatic carbocycles. The molecular formula is C50H33N3O. The average Bonchev–Trinajstić information content (AvgIpc) is 3.79. The Morgan fingerprint density at radius 2 is 1.17 bits per heavy atom. The van der Waals surface area contributed by atoms with Crippen LogP contribution in [0.25, 0.3) is 77.4 Å². The van der Waals surface area contributed by atoms with Gasteiger partial charge in [0.15, 0.2) is 5.58 Å². The molecule has 1 atom stereocenters. The van der Waals surface area contributed by atoms with Gasteiger partial charge in [0.05, 0.1) is 28.5 Å². The fraction of sp³-hybridized carbons (Fsp3) is 0.0200. The zero-order chi connectivity index (χ0) is 35.6. The minimum Gasteiger partial charge on any atom is -0.454 e. The van der Waals surface area contributed by atoms with E-state index in [0.717, 1.165) is 66.9 Å². The largest absolute Gasteiger partial charge is 0.454 e. The minimum atomic E-state index is 0.0110. The standard InChI is InChI=1S/C50H33N3O/c1-4-14-32(15-5-1)35-26-28-37-38-29-27-36(33-16-6-2-7-17-33)31-45(38)53(44(37)30-35)43-24-12-21-40-47-41(22-13-25-46(47)54-49(40)43)50-51-42-23-11-10-20-39(42)48(52-50)34-18-8-3-9-19-34/h1-31,42H,(H,51,52). The molecule has 0 bridgehead atoms. The lowest BCUT2D eigenvalue weighted by Crippen LogP contribution is -2.39. The highest BCUT2D eigenvalue weighted by atomic mass is 16.3. The second-order valence-corrected chi connectivity index (χ2v) is 14.0. The second-order valence-electron chi connectivity index (χ2n) is 14.0. The molecule has 0 saturated carbocycles. The number of allylic oxidation sites excluding steroid dienone is 2. The van der Waals surface area contributed by atoms with Gasteiger partial charge in [0.1, 0.15) is 11.4 Å². The lowest BCUT2D eigenvalue weighted by atomic mass is 9.93. The van der Waals surface area contributed by atoms with Gasteiger partial charge in [0, 0.05) is 38.2 Å². The van der Waals surface area contributed by atoms with Gasteiger partial charge in [-0.25, -0.2) is 4.99 Å². The molecule has 0 radical (unpaired) electrons. The highest BCUT2D eigenvalue weighted by molar-refractivity contribution is 6.21. The summed E-state index contributed by atoms with van der Waals surface area (Å²) in [4.78, 5) is 5.33. The molecule has 254 valence electrons. The van der Waals surface area contributed by atoms with Gasteiger partial charge in [-0.05, 0) is 46.5 Å². The van der Waals surface area contributed by atoms with Crippen LogP contribution in [0.1, 0.15) is 11.1 Å². The van der Waals surface area contributed by atoms with Crippen LogP contribution in [0.4, 0.5) is 0 Å². The van der Waals surface area contributed by atoms with Crippen LogP contribution >= 0.6 is 0 Å². The maximum atomic E-state index is 6.94. The number of aromatic nitrogens is 1. The molecule has 4 heteroatoms. The van der Waals surface area contributed by atoms with Crippen molar-refractivity contribution in [3.8, 4) is 27.9 Å². The van der Waals surface area contributed by atoms with Gasteiger partial charge in [0.2, 0.25) is 0 Å². The summed E-state index contributed by atoms with van der Waals surface area (Å²) in [6.07, 6.45) is 8.56. The van der Waals surface area contributed by atoms with Gasteiger partial charge < -0.3 is 14.3 Å². The fourth-order valence-corrected chi connectivity index (χ4v) is 8.32. The molecule has 0 saturated heterocycles. The van der Waals surface area contributed by atoms with Gasteiger partial charge in [0.25, 0.3) is 0 Å². The molecule has 1 aliphatic carbocycles. The van der Waals surface area contributed by atoms with E-state index in [9.17, 15) is 0 Å². The van der Waals surface area contributed by atoms with Crippen LogP contribution in [0.3, 0.4) is 0 Å². The van der Waals surface area contributed by atoms with E-state index in [1.54, 1.807) is 0 Å². The topological polar surface area (TPSA) is 42.5 Å². The molecule has 2 aromatic heterocycles. The number of para-hydroxylation sites is 1. The number of nitrogens with one attached hydrogen (secondary N) is 1. The van der Waals surface area contributed by atoms with E-state index >= 15 is 0 Å². The lowest BCUT2D eigenvalue weighted by molar-refractivity contribution is 0.666. The third-order valence-electron chi connectivity index (χ3n) is 10.8. The van der Waals surface area contributed by atoms with E-state index in [4.69, 9.17) is 9.41 Å². The Morgan fingerprint density at radius 1 is 0.537 bits per heavy atom. The molecule has 2 aliphatic rings. The predicted octanol–water partition coefficient (Wildman–Crippen LogP) is 12.3. The highest BCUT2D eigenvalue weighted by Crippen LogP contribution is 2.42. The summed E-state index contributed by atoms with van der Waals surface area (Å²) < 4.78 is 9.34. The van der Waals surface area contributed by atoms with Crippen LogP contribution in [0.2, 0.25) is 0 Å². The monoisotopic (exact) mass is 691 g/mol. The number of nitrogens with zero attached hydrogens (tertiary/aromatic N) is 2. The summed E-state index contributed by atoms with van der Waals surface area (Å²) in [6.45, 7) is 0. The average molecular weight is 692 g/mol. The van der Waals surface area contributed by atoms with Crippen LogP contribution in [0.15, 0.2) is 203 Å². The minimum absolute atomic E-state index is 0.0110. The van der Waals surface area contributed by atoms with Gasteiger partial charge in [-0.2, -0.15) is 0 Å². The fourth-order valence-electron chi connectivity index (χ4n) is 8.32. The first-order valence-electron chi connectivity index (χ1n) is 18.4. The van der Waals surface area contributed by atoms with Crippen LogP contribution < -0.4 is 5.32 Å². The summed E-state index contributed by atoms with van der Waals surface area (Å²) >= 11 is 0. The van der Waals surface area contributed by atoms with Crippen molar-refractivity contribution < 1.29 is 4.42 Å². The zero-order valence-corrected chi connectivity index (χ0v) is 29.3. The third-order valence-corrected chi connectivity index (χ3v) is 10.8. The third kappa shape index (κ3) is 4.81. The number of amidine groups is 1. The van der Waals surface area contributed by atoms with Crippen molar-refractivity contribution >= 4 is 55.3 Å². The van der Waals surface area contributed by atoms with Crippen LogP contribution in [-0.4, -0.2) is 16.4 Å². The summed E-state index contributed by atoms with van der Waals surface area (Å²) in [5.41, 5.74) is 13.9. The van der Waals surface area contributed by atoms with Crippen LogP contribution in [0, 0.1) is 0 Å². The summed E-state index contributed by atoms with van der Waals surface area (Å²) in [6, 6.07) is 58.2. The Hall–Kier alpha value is -7.17. The quantitative estimate of drug-likeness (QED) is 0.195. The number of benzene rings is 7. The Kier molecular flexibility index (Phi) is 6.89. The number of fused-ring (bicyclic) bond motifs is 7. The van der Waals surface area contributed by atoms with Crippen LogP contribution in [-0.2, 0) is 0 Å². The maximum Gasteiger partial charge on any atom is 0.159 e. The van der Waals surface area contributed by atoms with Gasteiger partial charge >= 0.3 is 0 Å². The van der Waals surface area contributed by atoms with E-state index in [1.807, 2.05) is 6.07 Å². The number of hydrogen-bond acceptors (Lipinski definition) is 3. The first kappa shape index (κ1) is 30.5. The molecule has 1 aliphatic heterocycles. The zero-order valence-electron chi connectivity index (χ0n) is 29.3. The normalized spacial score (nSPS) is 15.3. The maximum absolute atomic E-state index is 6.94. The van der Waals surface area contributed by atoms with E-state index in [-0.39, 0.29) is 6.04 Å². The Balaban J connectivity index is 1.16. The van der Waals surface area contributed by atoms with E-state index in [2.05, 4.69) is 192 Å². The van der Waals surface area contributed by atoms with E-state index < -0.39 is 0 Å². The predicted molar refractivity (Wildman–Crippen MR) is 224 cm³/mol. The number of aliphatic imine (C=N–C) groups is 1. The van der Waals surface area contributed by atoms with Gasteiger partial charge in [-0.15, -0.1) is 0 Å². The number of furan rings is 1. The number of rotatable bonds is 5. The summed E-state index contributed by atoms with van der Waals surface area (Å²) in [7, 11) is 0. The Labute approximate surface area is 312 Å².